The molecule has 0 amide bonds. The molecule has 2 fully saturated rings. The summed E-state index contributed by atoms with van der Waals surface area (Å²) < 4.78 is 5.74. The number of likely N-dealkylation sites (tertiary alicyclic amines) is 2. The lowest BCUT2D eigenvalue weighted by Gasteiger charge is -2.36. The van der Waals surface area contributed by atoms with E-state index in [-0.39, 0.29) is 0 Å². The van der Waals surface area contributed by atoms with Gasteiger partial charge in [0.1, 0.15) is 0 Å². The minimum Gasteiger partial charge on any atom is -0.381 e. The molecule has 0 aliphatic carbocycles. The number of halogens is 2. The van der Waals surface area contributed by atoms with E-state index in [9.17, 15) is 0 Å². The van der Waals surface area contributed by atoms with Gasteiger partial charge in [-0.15, -0.1) is 0 Å². The number of rotatable bonds is 9. The van der Waals surface area contributed by atoms with E-state index in [0.29, 0.717) is 28.9 Å². The van der Waals surface area contributed by atoms with Crippen LogP contribution in [0, 0.1) is 17.8 Å². The summed E-state index contributed by atoms with van der Waals surface area (Å²) in [6, 6.07) is 8.21. The standard InChI is InChI=1S/C27H38Cl2N2OS/c1-19(2)27(32-3)12-20-6-9-30(10-7-20)15-23-16-31(17-25(23)22-8-11-33-18-22)14-21-4-5-24(28)13-26(21)29/h4-5,8,11,13,18-20,23,25,27H,6-7,9-10,12,14-17H2,1-3H3/t23-,25+,27?/m0/s1. The predicted octanol–water partition coefficient (Wildman–Crippen LogP) is 7.04. The lowest BCUT2D eigenvalue weighted by atomic mass is 9.86. The molecule has 0 spiro atoms. The molecule has 0 radical (unpaired) electrons. The van der Waals surface area contributed by atoms with Gasteiger partial charge >= 0.3 is 0 Å². The first-order valence-electron chi connectivity index (χ1n) is 12.4. The molecule has 3 nitrogen and oxygen atoms in total. The van der Waals surface area contributed by atoms with Crippen LogP contribution < -0.4 is 0 Å². The number of piperidine rings is 1. The topological polar surface area (TPSA) is 15.7 Å². The third kappa shape index (κ3) is 6.74. The van der Waals surface area contributed by atoms with E-state index in [4.69, 9.17) is 27.9 Å². The summed E-state index contributed by atoms with van der Waals surface area (Å²) in [5.41, 5.74) is 2.67. The van der Waals surface area contributed by atoms with Crippen molar-refractivity contribution in [2.24, 2.45) is 17.8 Å². The third-order valence-electron chi connectivity index (χ3n) is 7.71. The van der Waals surface area contributed by atoms with Crippen molar-refractivity contribution in [2.75, 3.05) is 39.8 Å². The average Bonchev–Trinajstić information content (AvgIpc) is 3.45. The predicted molar refractivity (Wildman–Crippen MR) is 142 cm³/mol. The number of hydrogen-bond donors (Lipinski definition) is 0. The van der Waals surface area contributed by atoms with Gasteiger partial charge in [0, 0.05) is 49.3 Å². The van der Waals surface area contributed by atoms with Crippen LogP contribution in [0.3, 0.4) is 0 Å². The Morgan fingerprint density at radius 3 is 2.52 bits per heavy atom. The lowest BCUT2D eigenvalue weighted by Crippen LogP contribution is -2.39. The molecule has 1 aromatic heterocycles. The van der Waals surface area contributed by atoms with Crippen LogP contribution in [-0.4, -0.2) is 55.7 Å². The van der Waals surface area contributed by atoms with Crippen LogP contribution in [0.1, 0.15) is 50.2 Å². The van der Waals surface area contributed by atoms with Gasteiger partial charge in [-0.25, -0.2) is 0 Å². The number of benzene rings is 1. The van der Waals surface area contributed by atoms with Crippen LogP contribution in [0.5, 0.6) is 0 Å². The quantitative estimate of drug-likeness (QED) is 0.361. The minimum atomic E-state index is 0.396. The molecule has 4 rings (SSSR count). The Hall–Kier alpha value is -0.620. The van der Waals surface area contributed by atoms with E-state index in [2.05, 4.69) is 46.5 Å². The van der Waals surface area contributed by atoms with Crippen LogP contribution >= 0.6 is 34.5 Å². The Labute approximate surface area is 214 Å². The summed E-state index contributed by atoms with van der Waals surface area (Å²) in [7, 11) is 1.87. The normalized spacial score (nSPS) is 24.1. The van der Waals surface area contributed by atoms with Crippen molar-refractivity contribution in [3.8, 4) is 0 Å². The zero-order valence-corrected chi connectivity index (χ0v) is 22.5. The van der Waals surface area contributed by atoms with Crippen molar-refractivity contribution >= 4 is 34.5 Å². The maximum Gasteiger partial charge on any atom is 0.0596 e. The molecule has 182 valence electrons. The average molecular weight is 510 g/mol. The second-order valence-corrected chi connectivity index (χ2v) is 12.0. The van der Waals surface area contributed by atoms with Gasteiger partial charge in [-0.05, 0) is 90.2 Å². The molecule has 0 bridgehead atoms. The van der Waals surface area contributed by atoms with Crippen molar-refractivity contribution < 1.29 is 4.74 Å². The second-order valence-electron chi connectivity index (χ2n) is 10.4. The van der Waals surface area contributed by atoms with Gasteiger partial charge in [0.05, 0.1) is 6.10 Å². The monoisotopic (exact) mass is 508 g/mol. The Bertz CT molecular complexity index is 867. The fourth-order valence-electron chi connectivity index (χ4n) is 5.73. The van der Waals surface area contributed by atoms with Crippen LogP contribution in [0.4, 0.5) is 0 Å². The number of methoxy groups -OCH3 is 1. The van der Waals surface area contributed by atoms with Crippen LogP contribution in [0.2, 0.25) is 10.0 Å². The van der Waals surface area contributed by atoms with Crippen molar-refractivity contribution in [1.82, 2.24) is 9.80 Å². The highest BCUT2D eigenvalue weighted by Gasteiger charge is 2.36. The van der Waals surface area contributed by atoms with Gasteiger partial charge in [-0.3, -0.25) is 4.90 Å². The van der Waals surface area contributed by atoms with Crippen molar-refractivity contribution in [1.29, 1.82) is 0 Å². The summed E-state index contributed by atoms with van der Waals surface area (Å²) >= 11 is 14.4. The first kappa shape index (κ1) is 25.5. The van der Waals surface area contributed by atoms with Crippen LogP contribution in [0.25, 0.3) is 0 Å². The SMILES string of the molecule is COC(CC1CCN(C[C@H]2CN(Cc3ccc(Cl)cc3Cl)C[C@@H]2c2ccsc2)CC1)C(C)C. The molecule has 3 heterocycles. The molecule has 2 aromatic rings. The molecular weight excluding hydrogens is 471 g/mol. The smallest absolute Gasteiger partial charge is 0.0596 e. The maximum absolute atomic E-state index is 6.49. The molecule has 2 aliphatic rings. The van der Waals surface area contributed by atoms with E-state index < -0.39 is 0 Å². The largest absolute Gasteiger partial charge is 0.381 e. The Kier molecular flexibility index (Phi) is 9.17. The van der Waals surface area contributed by atoms with E-state index >= 15 is 0 Å². The molecule has 6 heteroatoms. The van der Waals surface area contributed by atoms with Gasteiger partial charge < -0.3 is 9.64 Å². The van der Waals surface area contributed by atoms with E-state index in [1.165, 1.54) is 50.0 Å². The van der Waals surface area contributed by atoms with Crippen molar-refractivity contribution in [2.45, 2.75) is 51.7 Å². The van der Waals surface area contributed by atoms with Gasteiger partial charge in [0.25, 0.3) is 0 Å². The highest BCUT2D eigenvalue weighted by Crippen LogP contribution is 2.37. The highest BCUT2D eigenvalue weighted by atomic mass is 35.5. The molecule has 2 saturated heterocycles. The number of ether oxygens (including phenoxy) is 1. The van der Waals surface area contributed by atoms with Gasteiger partial charge in [0.2, 0.25) is 0 Å². The third-order valence-corrected chi connectivity index (χ3v) is 9.00. The zero-order valence-electron chi connectivity index (χ0n) is 20.2. The fraction of sp³-hybridized carbons (Fsp3) is 0.630. The maximum atomic E-state index is 6.49. The van der Waals surface area contributed by atoms with Crippen molar-refractivity contribution in [3.05, 3.63) is 56.2 Å². The van der Waals surface area contributed by atoms with E-state index in [1.54, 1.807) is 0 Å². The molecular formula is C27H38Cl2N2OS. The van der Waals surface area contributed by atoms with Gasteiger partial charge in [0.15, 0.2) is 0 Å². The molecule has 1 aromatic carbocycles. The van der Waals surface area contributed by atoms with E-state index in [0.717, 1.165) is 30.6 Å². The second kappa shape index (κ2) is 11.9. The fourth-order valence-corrected chi connectivity index (χ4v) is 6.93. The molecule has 0 N–H and O–H groups in total. The summed E-state index contributed by atoms with van der Waals surface area (Å²) in [6.07, 6.45) is 4.20. The first-order valence-corrected chi connectivity index (χ1v) is 14.1. The van der Waals surface area contributed by atoms with Gasteiger partial charge in [-0.2, -0.15) is 11.3 Å². The molecule has 2 aliphatic heterocycles. The van der Waals surface area contributed by atoms with Crippen molar-refractivity contribution in [3.63, 3.8) is 0 Å². The number of hydrogen-bond acceptors (Lipinski definition) is 4. The number of thiophene rings is 1. The highest BCUT2D eigenvalue weighted by molar-refractivity contribution is 7.08. The Morgan fingerprint density at radius 2 is 1.88 bits per heavy atom. The lowest BCUT2D eigenvalue weighted by molar-refractivity contribution is 0.0321. The van der Waals surface area contributed by atoms with Gasteiger partial charge in [-0.1, -0.05) is 43.1 Å². The minimum absolute atomic E-state index is 0.396. The molecule has 0 saturated carbocycles. The molecule has 3 atom stereocenters. The van der Waals surface area contributed by atoms with Crippen LogP contribution in [0.15, 0.2) is 35.0 Å². The molecule has 1 unspecified atom stereocenters. The Morgan fingerprint density at radius 1 is 1.09 bits per heavy atom. The Balaban J connectivity index is 1.35. The summed E-state index contributed by atoms with van der Waals surface area (Å²) in [5, 5.41) is 6.04. The summed E-state index contributed by atoms with van der Waals surface area (Å²) in [6.45, 7) is 11.3. The van der Waals surface area contributed by atoms with E-state index in [1.807, 2.05) is 30.6 Å². The summed E-state index contributed by atoms with van der Waals surface area (Å²) in [4.78, 5) is 5.30. The molecule has 33 heavy (non-hydrogen) atoms. The van der Waals surface area contributed by atoms with Crippen LogP contribution in [-0.2, 0) is 11.3 Å². The summed E-state index contributed by atoms with van der Waals surface area (Å²) in [5.74, 6) is 2.65. The zero-order chi connectivity index (χ0) is 23.4. The number of nitrogens with zero attached hydrogens (tertiary/aromatic N) is 2. The first-order chi connectivity index (χ1) is 15.9.